The smallest absolute Gasteiger partial charge is 0.302 e. The van der Waals surface area contributed by atoms with Crippen molar-refractivity contribution in [2.75, 3.05) is 6.61 Å². The highest BCUT2D eigenvalue weighted by atomic mass is 31.2. The van der Waals surface area contributed by atoms with E-state index in [2.05, 4.69) is 6.92 Å². The highest BCUT2D eigenvalue weighted by molar-refractivity contribution is 7.47. The normalized spacial score (nSPS) is 18.9. The van der Waals surface area contributed by atoms with Crippen LogP contribution in [0.25, 0.3) is 0 Å². The lowest BCUT2D eigenvalue weighted by atomic mass is 9.98. The number of hydrogen-bond acceptors (Lipinski definition) is 3. The lowest BCUT2D eigenvalue weighted by molar-refractivity contribution is 0.0817. The van der Waals surface area contributed by atoms with Gasteiger partial charge in [0, 0.05) is 0 Å². The fourth-order valence-electron chi connectivity index (χ4n) is 3.16. The summed E-state index contributed by atoms with van der Waals surface area (Å²) in [5.74, 6) is 0. The zero-order chi connectivity index (χ0) is 16.8. The summed E-state index contributed by atoms with van der Waals surface area (Å²) in [6, 6.07) is 0. The molecule has 0 aliphatic heterocycles. The van der Waals surface area contributed by atoms with Crippen LogP contribution in [0.4, 0.5) is 0 Å². The van der Waals surface area contributed by atoms with Crippen molar-refractivity contribution in [2.24, 2.45) is 0 Å². The van der Waals surface area contributed by atoms with Crippen molar-refractivity contribution in [2.45, 2.75) is 109 Å². The zero-order valence-corrected chi connectivity index (χ0v) is 15.9. The van der Waals surface area contributed by atoms with Crippen molar-refractivity contribution >= 4 is 7.82 Å². The van der Waals surface area contributed by atoms with Crippen molar-refractivity contribution in [3.05, 3.63) is 0 Å². The molecule has 4 nitrogen and oxygen atoms in total. The first-order valence-corrected chi connectivity index (χ1v) is 11.3. The Morgan fingerprint density at radius 3 is 1.96 bits per heavy atom. The van der Waals surface area contributed by atoms with Crippen LogP contribution in [-0.4, -0.2) is 17.6 Å². The molecule has 1 unspecified atom stereocenters. The maximum atomic E-state index is 11.9. The second-order valence-corrected chi connectivity index (χ2v) is 8.26. The predicted octanol–water partition coefficient (Wildman–Crippen LogP) is 6.37. The average molecular weight is 348 g/mol. The van der Waals surface area contributed by atoms with E-state index in [0.29, 0.717) is 6.61 Å². The van der Waals surface area contributed by atoms with E-state index >= 15 is 0 Å². The van der Waals surface area contributed by atoms with Crippen LogP contribution in [0, 0.1) is 0 Å². The summed E-state index contributed by atoms with van der Waals surface area (Å²) in [5, 5.41) is 0. The molecular formula is C18H37O4P. The minimum atomic E-state index is -3.84. The van der Waals surface area contributed by atoms with Crippen LogP contribution < -0.4 is 0 Å². The van der Waals surface area contributed by atoms with Gasteiger partial charge in [-0.15, -0.1) is 0 Å². The molecular weight excluding hydrogens is 311 g/mol. The molecule has 138 valence electrons. The molecule has 1 rings (SSSR count). The lowest BCUT2D eigenvalue weighted by Gasteiger charge is -2.23. The maximum absolute atomic E-state index is 11.9. The van der Waals surface area contributed by atoms with Crippen LogP contribution in [0.2, 0.25) is 0 Å². The number of phosphoric acid groups is 1. The first-order chi connectivity index (χ1) is 11.1. The summed E-state index contributed by atoms with van der Waals surface area (Å²) >= 11 is 0. The Labute approximate surface area is 143 Å². The second kappa shape index (κ2) is 13.4. The summed E-state index contributed by atoms with van der Waals surface area (Å²) in [7, 11) is -3.84. The van der Waals surface area contributed by atoms with E-state index in [9.17, 15) is 9.46 Å². The average Bonchev–Trinajstić information content (AvgIpc) is 2.53. The molecule has 0 aromatic rings. The largest absolute Gasteiger partial charge is 0.472 e. The molecule has 0 radical (unpaired) electrons. The van der Waals surface area contributed by atoms with Crippen LogP contribution in [-0.2, 0) is 13.6 Å². The van der Waals surface area contributed by atoms with Crippen molar-refractivity contribution in [1.82, 2.24) is 0 Å². The van der Waals surface area contributed by atoms with Gasteiger partial charge in [-0.25, -0.2) is 4.57 Å². The van der Waals surface area contributed by atoms with Crippen LogP contribution >= 0.6 is 7.82 Å². The van der Waals surface area contributed by atoms with Gasteiger partial charge < -0.3 is 4.89 Å². The fourth-order valence-corrected chi connectivity index (χ4v) is 4.17. The molecule has 1 aliphatic rings. The summed E-state index contributed by atoms with van der Waals surface area (Å²) in [4.78, 5) is 9.72. The van der Waals surface area contributed by atoms with E-state index in [1.165, 1.54) is 57.8 Å². The fraction of sp³-hybridized carbons (Fsp3) is 1.00. The van der Waals surface area contributed by atoms with Crippen LogP contribution in [0.1, 0.15) is 103 Å². The van der Waals surface area contributed by atoms with Crippen molar-refractivity contribution in [3.8, 4) is 0 Å². The lowest BCUT2D eigenvalue weighted by Crippen LogP contribution is -2.16. The maximum Gasteiger partial charge on any atom is 0.472 e. The monoisotopic (exact) mass is 348 g/mol. The third kappa shape index (κ3) is 12.2. The predicted molar refractivity (Wildman–Crippen MR) is 95.6 cm³/mol. The Hall–Kier alpha value is 0.110. The molecule has 0 bridgehead atoms. The minimum absolute atomic E-state index is 0.0905. The molecule has 0 amide bonds. The van der Waals surface area contributed by atoms with E-state index in [1.54, 1.807) is 0 Å². The molecule has 5 heteroatoms. The number of rotatable bonds is 14. The topological polar surface area (TPSA) is 55.8 Å². The van der Waals surface area contributed by atoms with Crippen molar-refractivity contribution in [1.29, 1.82) is 0 Å². The van der Waals surface area contributed by atoms with Crippen molar-refractivity contribution in [3.63, 3.8) is 0 Å². The molecule has 1 N–H and O–H groups in total. The summed E-state index contributed by atoms with van der Waals surface area (Å²) in [6.07, 6.45) is 17.5. The number of unbranched alkanes of at least 4 members (excludes halogenated alkanes) is 9. The summed E-state index contributed by atoms with van der Waals surface area (Å²) in [6.45, 7) is 2.57. The first kappa shape index (κ1) is 21.2. The highest BCUT2D eigenvalue weighted by Gasteiger charge is 2.27. The van der Waals surface area contributed by atoms with Gasteiger partial charge >= 0.3 is 7.82 Å². The zero-order valence-electron chi connectivity index (χ0n) is 15.0. The van der Waals surface area contributed by atoms with Gasteiger partial charge in [0.15, 0.2) is 0 Å². The van der Waals surface area contributed by atoms with Gasteiger partial charge in [-0.2, -0.15) is 0 Å². The molecule has 1 fully saturated rings. The van der Waals surface area contributed by atoms with Gasteiger partial charge in [0.1, 0.15) is 0 Å². The Balaban J connectivity index is 1.90. The number of hydrogen-bond donors (Lipinski definition) is 1. The van der Waals surface area contributed by atoms with Gasteiger partial charge in [0.2, 0.25) is 0 Å². The Morgan fingerprint density at radius 2 is 1.39 bits per heavy atom. The van der Waals surface area contributed by atoms with E-state index in [4.69, 9.17) is 9.05 Å². The molecule has 23 heavy (non-hydrogen) atoms. The van der Waals surface area contributed by atoms with Crippen molar-refractivity contribution < 1.29 is 18.5 Å². The van der Waals surface area contributed by atoms with E-state index in [-0.39, 0.29) is 6.10 Å². The van der Waals surface area contributed by atoms with E-state index in [1.807, 2.05) is 0 Å². The molecule has 0 aromatic heterocycles. The molecule has 0 saturated heterocycles. The van der Waals surface area contributed by atoms with Gasteiger partial charge in [-0.3, -0.25) is 9.05 Å². The minimum Gasteiger partial charge on any atom is -0.302 e. The van der Waals surface area contributed by atoms with Gasteiger partial charge in [0.05, 0.1) is 12.7 Å². The van der Waals surface area contributed by atoms with Gasteiger partial charge in [-0.05, 0) is 19.3 Å². The van der Waals surface area contributed by atoms with E-state index in [0.717, 1.165) is 38.5 Å². The quantitative estimate of drug-likeness (QED) is 0.292. The third-order valence-electron chi connectivity index (χ3n) is 4.59. The SMILES string of the molecule is CCCCCCCCCCCCOP(=O)(O)OC1CCCCC1. The van der Waals surface area contributed by atoms with Gasteiger partial charge in [-0.1, -0.05) is 84.0 Å². The van der Waals surface area contributed by atoms with Crippen LogP contribution in [0.15, 0.2) is 0 Å². The molecule has 0 heterocycles. The standard InChI is InChI=1S/C18H37O4P/c1-2-3-4-5-6-7-8-9-10-14-17-21-23(19,20)22-18-15-12-11-13-16-18/h18H,2-17H2,1H3,(H,19,20). The van der Waals surface area contributed by atoms with E-state index < -0.39 is 7.82 Å². The molecule has 0 spiro atoms. The summed E-state index contributed by atoms with van der Waals surface area (Å²) < 4.78 is 22.2. The molecule has 0 aromatic carbocycles. The highest BCUT2D eigenvalue weighted by Crippen LogP contribution is 2.46. The first-order valence-electron chi connectivity index (χ1n) is 9.80. The summed E-state index contributed by atoms with van der Waals surface area (Å²) in [5.41, 5.74) is 0. The molecule has 1 aliphatic carbocycles. The van der Waals surface area contributed by atoms with Crippen LogP contribution in [0.3, 0.4) is 0 Å². The third-order valence-corrected chi connectivity index (χ3v) is 5.66. The Kier molecular flexibility index (Phi) is 12.3. The Morgan fingerprint density at radius 1 is 0.870 bits per heavy atom. The van der Waals surface area contributed by atoms with Gasteiger partial charge in [0.25, 0.3) is 0 Å². The molecule has 1 saturated carbocycles. The van der Waals surface area contributed by atoms with Crippen LogP contribution in [0.5, 0.6) is 0 Å². The number of phosphoric ester groups is 1. The second-order valence-electron chi connectivity index (χ2n) is 6.85. The molecule has 1 atom stereocenters. The Bertz CT molecular complexity index is 316.